The summed E-state index contributed by atoms with van der Waals surface area (Å²) in [5.74, 6) is -0.0136. The van der Waals surface area contributed by atoms with E-state index >= 15 is 0 Å². The van der Waals surface area contributed by atoms with Crippen LogP contribution in [0.2, 0.25) is 0 Å². The van der Waals surface area contributed by atoms with Crippen LogP contribution in [0.25, 0.3) is 6.08 Å². The van der Waals surface area contributed by atoms with Crippen LogP contribution in [-0.4, -0.2) is 32.2 Å². The third kappa shape index (κ3) is 6.33. The fourth-order valence-corrected chi connectivity index (χ4v) is 4.88. The molecule has 0 saturated carbocycles. The number of hydrogen-bond donors (Lipinski definition) is 3. The number of phenolic OH excluding ortho intramolecular Hbond substituents is 2. The average molecular weight is 553 g/mol. The molecule has 1 aliphatic rings. The minimum absolute atomic E-state index is 0.0520. The number of nitrogens with zero attached hydrogens (tertiary/aromatic N) is 1. The standard InChI is InChI=1S/C31H24N2O6S/c34-26-11-5-7-22(29(26)36)18-27-30(37)33(31(38)40-27)19-20-12-14-23(15-13-20)32-28(35)17-21-6-4-10-25(16-21)39-24-8-2-1-3-9-24/h1-16,18,34,36H,17,19H2,(H,32,35). The highest BCUT2D eigenvalue weighted by Crippen LogP contribution is 2.36. The van der Waals surface area contributed by atoms with Gasteiger partial charge in [-0.1, -0.05) is 54.6 Å². The number of ether oxygens (including phenoxy) is 1. The van der Waals surface area contributed by atoms with Gasteiger partial charge in [0, 0.05) is 11.3 Å². The van der Waals surface area contributed by atoms with Gasteiger partial charge >= 0.3 is 0 Å². The summed E-state index contributed by atoms with van der Waals surface area (Å²) in [5.41, 5.74) is 2.32. The summed E-state index contributed by atoms with van der Waals surface area (Å²) < 4.78 is 5.84. The molecule has 0 bridgehead atoms. The van der Waals surface area contributed by atoms with E-state index < -0.39 is 11.1 Å². The van der Waals surface area contributed by atoms with Gasteiger partial charge in [0.25, 0.3) is 11.1 Å². The summed E-state index contributed by atoms with van der Waals surface area (Å²) in [6, 6.07) is 28.0. The van der Waals surface area contributed by atoms with E-state index in [1.807, 2.05) is 54.6 Å². The lowest BCUT2D eigenvalue weighted by Gasteiger charge is -2.13. The largest absolute Gasteiger partial charge is 0.504 e. The third-order valence-electron chi connectivity index (χ3n) is 6.03. The summed E-state index contributed by atoms with van der Waals surface area (Å²) in [6.07, 6.45) is 1.54. The predicted molar refractivity (Wildman–Crippen MR) is 153 cm³/mol. The Bertz CT molecular complexity index is 1600. The van der Waals surface area contributed by atoms with Gasteiger partial charge < -0.3 is 20.3 Å². The lowest BCUT2D eigenvalue weighted by Crippen LogP contribution is -2.27. The Balaban J connectivity index is 1.18. The summed E-state index contributed by atoms with van der Waals surface area (Å²) in [4.78, 5) is 39.2. The fourth-order valence-electron chi connectivity index (χ4n) is 4.05. The number of carbonyl (C=O) groups is 3. The molecule has 5 rings (SSSR count). The monoisotopic (exact) mass is 552 g/mol. The molecule has 1 fully saturated rings. The van der Waals surface area contributed by atoms with Gasteiger partial charge in [0.1, 0.15) is 11.5 Å². The highest BCUT2D eigenvalue weighted by Gasteiger charge is 2.35. The Kier molecular flexibility index (Phi) is 7.84. The van der Waals surface area contributed by atoms with Crippen molar-refractivity contribution in [3.05, 3.63) is 119 Å². The van der Waals surface area contributed by atoms with Gasteiger partial charge in [-0.2, -0.15) is 0 Å². The maximum atomic E-state index is 12.8. The molecule has 1 aliphatic heterocycles. The number of amides is 3. The molecule has 40 heavy (non-hydrogen) atoms. The number of imide groups is 1. The second-order valence-electron chi connectivity index (χ2n) is 8.97. The number of para-hydroxylation sites is 2. The minimum atomic E-state index is -0.492. The number of phenols is 2. The fraction of sp³-hybridized carbons (Fsp3) is 0.0645. The van der Waals surface area contributed by atoms with E-state index in [4.69, 9.17) is 4.74 Å². The quantitative estimate of drug-likeness (QED) is 0.173. The van der Waals surface area contributed by atoms with Crippen LogP contribution in [0.4, 0.5) is 10.5 Å². The summed E-state index contributed by atoms with van der Waals surface area (Å²) in [6.45, 7) is 0.0520. The van der Waals surface area contributed by atoms with Crippen LogP contribution in [0.3, 0.4) is 0 Å². The Morgan fingerprint density at radius 2 is 1.57 bits per heavy atom. The first-order valence-corrected chi connectivity index (χ1v) is 13.1. The van der Waals surface area contributed by atoms with Crippen molar-refractivity contribution >= 4 is 40.6 Å². The molecular weight excluding hydrogens is 528 g/mol. The molecule has 200 valence electrons. The minimum Gasteiger partial charge on any atom is -0.504 e. The van der Waals surface area contributed by atoms with E-state index in [2.05, 4.69) is 5.32 Å². The topological polar surface area (TPSA) is 116 Å². The lowest BCUT2D eigenvalue weighted by molar-refractivity contribution is -0.123. The van der Waals surface area contributed by atoms with Crippen molar-refractivity contribution in [3.8, 4) is 23.0 Å². The molecule has 3 amide bonds. The van der Waals surface area contributed by atoms with Gasteiger partial charge in [-0.05, 0) is 71.4 Å². The number of nitrogens with one attached hydrogen (secondary N) is 1. The van der Waals surface area contributed by atoms with E-state index in [0.29, 0.717) is 22.7 Å². The molecule has 8 nitrogen and oxygen atoms in total. The molecule has 1 heterocycles. The Morgan fingerprint density at radius 1 is 0.850 bits per heavy atom. The maximum absolute atomic E-state index is 12.8. The van der Waals surface area contributed by atoms with E-state index in [9.17, 15) is 24.6 Å². The first-order valence-electron chi connectivity index (χ1n) is 12.3. The van der Waals surface area contributed by atoms with Crippen molar-refractivity contribution in [3.63, 3.8) is 0 Å². The smallest absolute Gasteiger partial charge is 0.293 e. The Hall–Kier alpha value is -5.02. The normalized spacial score (nSPS) is 14.0. The number of aromatic hydroxyl groups is 2. The highest BCUT2D eigenvalue weighted by molar-refractivity contribution is 8.18. The zero-order valence-electron chi connectivity index (χ0n) is 21.1. The molecule has 9 heteroatoms. The highest BCUT2D eigenvalue weighted by atomic mass is 32.2. The summed E-state index contributed by atoms with van der Waals surface area (Å²) in [7, 11) is 0. The van der Waals surface area contributed by atoms with Crippen LogP contribution in [-0.2, 0) is 22.6 Å². The van der Waals surface area contributed by atoms with Crippen LogP contribution in [0.15, 0.2) is 102 Å². The molecule has 0 atom stereocenters. The number of rotatable bonds is 8. The number of anilines is 1. The molecule has 4 aromatic carbocycles. The Labute approximate surface area is 234 Å². The third-order valence-corrected chi connectivity index (χ3v) is 6.93. The second-order valence-corrected chi connectivity index (χ2v) is 9.96. The number of carbonyl (C=O) groups excluding carboxylic acids is 3. The van der Waals surface area contributed by atoms with Gasteiger partial charge in [-0.3, -0.25) is 19.3 Å². The summed E-state index contributed by atoms with van der Waals surface area (Å²) in [5, 5.41) is 22.1. The lowest BCUT2D eigenvalue weighted by atomic mass is 10.1. The number of benzene rings is 4. The molecule has 0 radical (unpaired) electrons. The maximum Gasteiger partial charge on any atom is 0.293 e. The van der Waals surface area contributed by atoms with Crippen molar-refractivity contribution in [1.82, 2.24) is 4.90 Å². The van der Waals surface area contributed by atoms with Crippen LogP contribution in [0.5, 0.6) is 23.0 Å². The average Bonchev–Trinajstić information content (AvgIpc) is 3.20. The zero-order valence-corrected chi connectivity index (χ0v) is 21.9. The predicted octanol–water partition coefficient (Wildman–Crippen LogP) is 6.31. The van der Waals surface area contributed by atoms with E-state index in [0.717, 1.165) is 22.2 Å². The van der Waals surface area contributed by atoms with E-state index in [-0.39, 0.29) is 40.8 Å². The van der Waals surface area contributed by atoms with Crippen molar-refractivity contribution < 1.29 is 29.3 Å². The van der Waals surface area contributed by atoms with Crippen LogP contribution < -0.4 is 10.1 Å². The zero-order chi connectivity index (χ0) is 28.1. The van der Waals surface area contributed by atoms with Gasteiger partial charge in [0.05, 0.1) is 17.9 Å². The van der Waals surface area contributed by atoms with E-state index in [1.165, 1.54) is 24.3 Å². The molecule has 0 aromatic heterocycles. The molecule has 0 spiro atoms. The first kappa shape index (κ1) is 26.6. The van der Waals surface area contributed by atoms with Crippen molar-refractivity contribution in [2.75, 3.05) is 5.32 Å². The number of thioether (sulfide) groups is 1. The van der Waals surface area contributed by atoms with Crippen LogP contribution in [0.1, 0.15) is 16.7 Å². The van der Waals surface area contributed by atoms with Crippen molar-refractivity contribution in [2.24, 2.45) is 0 Å². The molecular formula is C31H24N2O6S. The van der Waals surface area contributed by atoms with Gasteiger partial charge in [0.15, 0.2) is 11.5 Å². The van der Waals surface area contributed by atoms with Gasteiger partial charge in [-0.15, -0.1) is 0 Å². The first-order chi connectivity index (χ1) is 19.4. The van der Waals surface area contributed by atoms with Crippen LogP contribution >= 0.6 is 11.8 Å². The molecule has 1 saturated heterocycles. The molecule has 0 unspecified atom stereocenters. The van der Waals surface area contributed by atoms with Gasteiger partial charge in [0.2, 0.25) is 5.91 Å². The second kappa shape index (κ2) is 11.8. The SMILES string of the molecule is O=C(Cc1cccc(Oc2ccccc2)c1)Nc1ccc(CN2C(=O)SC(=Cc3cccc(O)c3O)C2=O)cc1. The molecule has 4 aromatic rings. The van der Waals surface area contributed by atoms with E-state index in [1.54, 1.807) is 24.3 Å². The van der Waals surface area contributed by atoms with Crippen molar-refractivity contribution in [1.29, 1.82) is 0 Å². The van der Waals surface area contributed by atoms with Gasteiger partial charge in [-0.25, -0.2) is 0 Å². The van der Waals surface area contributed by atoms with Crippen molar-refractivity contribution in [2.45, 2.75) is 13.0 Å². The molecule has 0 aliphatic carbocycles. The summed E-state index contributed by atoms with van der Waals surface area (Å²) >= 11 is 0.764. The Morgan fingerprint density at radius 3 is 2.35 bits per heavy atom. The molecule has 3 N–H and O–H groups in total. The number of hydrogen-bond acceptors (Lipinski definition) is 7. The van der Waals surface area contributed by atoms with Crippen LogP contribution in [0, 0.1) is 0 Å².